The first-order valence-corrected chi connectivity index (χ1v) is 8.12. The number of hydrogen-bond acceptors (Lipinski definition) is 2. The molecule has 2 rings (SSSR count). The van der Waals surface area contributed by atoms with Gasteiger partial charge < -0.3 is 10.6 Å². The summed E-state index contributed by atoms with van der Waals surface area (Å²) in [5, 5.41) is 0. The maximum Gasteiger partial charge on any atom is 0.227 e. The van der Waals surface area contributed by atoms with Crippen LogP contribution in [0, 0.1) is 5.41 Å². The molecule has 1 aliphatic heterocycles. The number of aryl methyl sites for hydroxylation is 1. The Bertz CT molecular complexity index is 469. The van der Waals surface area contributed by atoms with Gasteiger partial charge in [0, 0.05) is 13.1 Å². The fraction of sp³-hybridized carbons (Fsp3) is 0.611. The molecule has 1 aromatic carbocycles. The van der Waals surface area contributed by atoms with Crippen molar-refractivity contribution < 1.29 is 4.79 Å². The van der Waals surface area contributed by atoms with E-state index in [9.17, 15) is 4.79 Å². The minimum atomic E-state index is 0.111. The van der Waals surface area contributed by atoms with Gasteiger partial charge in [-0.1, -0.05) is 44.5 Å². The number of benzene rings is 1. The number of unbranched alkanes of at least 4 members (excludes halogenated alkanes) is 1. The van der Waals surface area contributed by atoms with Gasteiger partial charge >= 0.3 is 0 Å². The standard InChI is InChI=1S/C18H28N2O/c1-3-4-5-15-6-8-16(9-7-15)12-17(21)20-11-10-18(2,13-19)14-20/h6-9H,3-5,10-14,19H2,1-2H3. The molecule has 1 aromatic rings. The summed E-state index contributed by atoms with van der Waals surface area (Å²) in [5.41, 5.74) is 8.39. The molecule has 1 unspecified atom stereocenters. The summed E-state index contributed by atoms with van der Waals surface area (Å²) >= 11 is 0. The molecule has 1 heterocycles. The molecule has 1 atom stereocenters. The Morgan fingerprint density at radius 3 is 2.52 bits per heavy atom. The number of rotatable bonds is 6. The Kier molecular flexibility index (Phi) is 5.40. The third kappa shape index (κ3) is 4.31. The lowest BCUT2D eigenvalue weighted by atomic mass is 9.90. The van der Waals surface area contributed by atoms with E-state index in [0.29, 0.717) is 13.0 Å². The molecule has 1 fully saturated rings. The first kappa shape index (κ1) is 16.0. The van der Waals surface area contributed by atoms with E-state index in [-0.39, 0.29) is 11.3 Å². The van der Waals surface area contributed by atoms with Gasteiger partial charge in [-0.3, -0.25) is 4.79 Å². The van der Waals surface area contributed by atoms with Crippen molar-refractivity contribution in [3.63, 3.8) is 0 Å². The lowest BCUT2D eigenvalue weighted by Gasteiger charge is -2.22. The molecule has 116 valence electrons. The van der Waals surface area contributed by atoms with Crippen LogP contribution < -0.4 is 5.73 Å². The number of carbonyl (C=O) groups is 1. The van der Waals surface area contributed by atoms with Crippen LogP contribution in [0.15, 0.2) is 24.3 Å². The van der Waals surface area contributed by atoms with Crippen molar-refractivity contribution in [2.75, 3.05) is 19.6 Å². The molecule has 0 saturated carbocycles. The first-order chi connectivity index (χ1) is 10.1. The minimum Gasteiger partial charge on any atom is -0.342 e. The van der Waals surface area contributed by atoms with Gasteiger partial charge in [0.25, 0.3) is 0 Å². The van der Waals surface area contributed by atoms with Gasteiger partial charge in [-0.2, -0.15) is 0 Å². The molecule has 1 saturated heterocycles. The lowest BCUT2D eigenvalue weighted by Crippen LogP contribution is -2.35. The van der Waals surface area contributed by atoms with Gasteiger partial charge in [0.15, 0.2) is 0 Å². The molecule has 0 spiro atoms. The van der Waals surface area contributed by atoms with E-state index in [1.165, 1.54) is 18.4 Å². The van der Waals surface area contributed by atoms with Crippen LogP contribution in [-0.2, 0) is 17.6 Å². The molecular formula is C18H28N2O. The van der Waals surface area contributed by atoms with E-state index in [0.717, 1.165) is 31.5 Å². The number of hydrogen-bond donors (Lipinski definition) is 1. The van der Waals surface area contributed by atoms with Crippen LogP contribution in [0.3, 0.4) is 0 Å². The Hall–Kier alpha value is -1.35. The normalized spacial score (nSPS) is 21.8. The number of amides is 1. The zero-order valence-electron chi connectivity index (χ0n) is 13.4. The molecule has 3 nitrogen and oxygen atoms in total. The summed E-state index contributed by atoms with van der Waals surface area (Å²) in [6.07, 6.45) is 5.10. The Balaban J connectivity index is 1.88. The molecule has 3 heteroatoms. The smallest absolute Gasteiger partial charge is 0.227 e. The molecule has 0 aliphatic carbocycles. The third-order valence-electron chi connectivity index (χ3n) is 4.60. The highest BCUT2D eigenvalue weighted by molar-refractivity contribution is 5.79. The summed E-state index contributed by atoms with van der Waals surface area (Å²) < 4.78 is 0. The van der Waals surface area contributed by atoms with E-state index in [1.54, 1.807) is 0 Å². The van der Waals surface area contributed by atoms with Gasteiger partial charge in [0.05, 0.1) is 6.42 Å². The number of likely N-dealkylation sites (tertiary alicyclic amines) is 1. The van der Waals surface area contributed by atoms with Crippen molar-refractivity contribution in [3.8, 4) is 0 Å². The second-order valence-electron chi connectivity index (χ2n) is 6.68. The maximum absolute atomic E-state index is 12.4. The van der Waals surface area contributed by atoms with Crippen LogP contribution in [0.25, 0.3) is 0 Å². The minimum absolute atomic E-state index is 0.111. The number of nitrogens with two attached hydrogens (primary N) is 1. The molecule has 0 aromatic heterocycles. The molecule has 2 N–H and O–H groups in total. The first-order valence-electron chi connectivity index (χ1n) is 8.12. The van der Waals surface area contributed by atoms with Crippen molar-refractivity contribution in [1.82, 2.24) is 4.90 Å². The van der Waals surface area contributed by atoms with Crippen LogP contribution in [0.4, 0.5) is 0 Å². The molecular weight excluding hydrogens is 260 g/mol. The van der Waals surface area contributed by atoms with E-state index >= 15 is 0 Å². The van der Waals surface area contributed by atoms with Crippen molar-refractivity contribution in [3.05, 3.63) is 35.4 Å². The SMILES string of the molecule is CCCCc1ccc(CC(=O)N2CCC(C)(CN)C2)cc1. The van der Waals surface area contributed by atoms with Crippen molar-refractivity contribution in [1.29, 1.82) is 0 Å². The largest absolute Gasteiger partial charge is 0.342 e. The monoisotopic (exact) mass is 288 g/mol. The lowest BCUT2D eigenvalue weighted by molar-refractivity contribution is -0.129. The quantitative estimate of drug-likeness (QED) is 0.875. The second-order valence-corrected chi connectivity index (χ2v) is 6.68. The van der Waals surface area contributed by atoms with Crippen LogP contribution in [0.5, 0.6) is 0 Å². The average Bonchev–Trinajstić information content (AvgIpc) is 2.90. The fourth-order valence-electron chi connectivity index (χ4n) is 2.89. The average molecular weight is 288 g/mol. The molecule has 21 heavy (non-hydrogen) atoms. The highest BCUT2D eigenvalue weighted by Gasteiger charge is 2.34. The van der Waals surface area contributed by atoms with Crippen molar-refractivity contribution in [2.24, 2.45) is 11.1 Å². The summed E-state index contributed by atoms with van der Waals surface area (Å²) in [6, 6.07) is 8.51. The predicted octanol–water partition coefficient (Wildman–Crippen LogP) is 2.77. The Labute approximate surface area is 128 Å². The van der Waals surface area contributed by atoms with Crippen LogP contribution in [0.1, 0.15) is 44.2 Å². The number of carbonyl (C=O) groups excluding carboxylic acids is 1. The van der Waals surface area contributed by atoms with Crippen LogP contribution in [0.2, 0.25) is 0 Å². The zero-order valence-corrected chi connectivity index (χ0v) is 13.4. The third-order valence-corrected chi connectivity index (χ3v) is 4.60. The van der Waals surface area contributed by atoms with Crippen LogP contribution in [-0.4, -0.2) is 30.4 Å². The Morgan fingerprint density at radius 1 is 1.29 bits per heavy atom. The van der Waals surface area contributed by atoms with Gasteiger partial charge in [-0.15, -0.1) is 0 Å². The fourth-order valence-corrected chi connectivity index (χ4v) is 2.89. The summed E-state index contributed by atoms with van der Waals surface area (Å²) in [7, 11) is 0. The molecule has 0 bridgehead atoms. The summed E-state index contributed by atoms with van der Waals surface area (Å²) in [4.78, 5) is 14.3. The van der Waals surface area contributed by atoms with E-state index in [4.69, 9.17) is 5.73 Å². The number of nitrogens with zero attached hydrogens (tertiary/aromatic N) is 1. The maximum atomic E-state index is 12.4. The van der Waals surface area contributed by atoms with Gasteiger partial charge in [0.2, 0.25) is 5.91 Å². The second kappa shape index (κ2) is 7.08. The van der Waals surface area contributed by atoms with E-state index < -0.39 is 0 Å². The predicted molar refractivity (Wildman–Crippen MR) is 87.1 cm³/mol. The molecule has 1 amide bonds. The van der Waals surface area contributed by atoms with Gasteiger partial charge in [-0.25, -0.2) is 0 Å². The van der Waals surface area contributed by atoms with Crippen molar-refractivity contribution in [2.45, 2.75) is 46.0 Å². The Morgan fingerprint density at radius 2 is 1.95 bits per heavy atom. The highest BCUT2D eigenvalue weighted by atomic mass is 16.2. The van der Waals surface area contributed by atoms with Gasteiger partial charge in [-0.05, 0) is 42.3 Å². The van der Waals surface area contributed by atoms with Crippen molar-refractivity contribution >= 4 is 5.91 Å². The summed E-state index contributed by atoms with van der Waals surface area (Å²) in [5.74, 6) is 0.230. The molecule has 1 aliphatic rings. The van der Waals surface area contributed by atoms with Crippen LogP contribution >= 0.6 is 0 Å². The van der Waals surface area contributed by atoms with E-state index in [1.807, 2.05) is 4.90 Å². The van der Waals surface area contributed by atoms with Gasteiger partial charge in [0.1, 0.15) is 0 Å². The zero-order chi connectivity index (χ0) is 15.3. The topological polar surface area (TPSA) is 46.3 Å². The summed E-state index contributed by atoms with van der Waals surface area (Å²) in [6.45, 7) is 6.68. The van der Waals surface area contributed by atoms with E-state index in [2.05, 4.69) is 38.1 Å². The highest BCUT2D eigenvalue weighted by Crippen LogP contribution is 2.28. The molecule has 0 radical (unpaired) electrons.